The topological polar surface area (TPSA) is 12.9 Å². The molecule has 0 saturated carbocycles. The van der Waals surface area contributed by atoms with Gasteiger partial charge < -0.3 is 0 Å². The number of halogens is 1. The van der Waals surface area contributed by atoms with Crippen LogP contribution in [0.1, 0.15) is 17.0 Å². The van der Waals surface area contributed by atoms with Gasteiger partial charge in [0.2, 0.25) is 0 Å². The molecule has 2 heteroatoms. The summed E-state index contributed by atoms with van der Waals surface area (Å²) in [7, 11) is 0. The van der Waals surface area contributed by atoms with Gasteiger partial charge in [0.25, 0.3) is 0 Å². The fourth-order valence-electron chi connectivity index (χ4n) is 1.37. The van der Waals surface area contributed by atoms with Gasteiger partial charge in [0, 0.05) is 16.8 Å². The molecule has 1 heterocycles. The van der Waals surface area contributed by atoms with Crippen LogP contribution in [0.2, 0.25) is 5.02 Å². The molecule has 1 aromatic heterocycles. The van der Waals surface area contributed by atoms with Crippen molar-refractivity contribution in [3.05, 3.63) is 64.4 Å². The van der Waals surface area contributed by atoms with Crippen molar-refractivity contribution in [3.8, 4) is 0 Å². The van der Waals surface area contributed by atoms with E-state index in [0.717, 1.165) is 22.0 Å². The quantitative estimate of drug-likeness (QED) is 0.757. The Kier molecular flexibility index (Phi) is 3.37. The average Bonchev–Trinajstić information content (AvgIpc) is 2.28. The molecule has 0 atom stereocenters. The first-order chi connectivity index (χ1) is 7.75. The predicted octanol–water partition coefficient (Wildman–Crippen LogP) is 4.01. The van der Waals surface area contributed by atoms with Crippen molar-refractivity contribution in [2.24, 2.45) is 0 Å². The van der Waals surface area contributed by atoms with E-state index in [-0.39, 0.29) is 0 Å². The van der Waals surface area contributed by atoms with Gasteiger partial charge in [-0.3, -0.25) is 4.98 Å². The second kappa shape index (κ2) is 4.95. The number of pyridine rings is 1. The molecule has 2 rings (SSSR count). The Morgan fingerprint density at radius 1 is 1.19 bits per heavy atom. The van der Waals surface area contributed by atoms with E-state index in [1.807, 2.05) is 55.5 Å². The third-order valence-electron chi connectivity index (χ3n) is 2.18. The van der Waals surface area contributed by atoms with Gasteiger partial charge in [0.05, 0.1) is 5.69 Å². The summed E-state index contributed by atoms with van der Waals surface area (Å²) in [6.07, 6.45) is 3.86. The van der Waals surface area contributed by atoms with Crippen molar-refractivity contribution >= 4 is 23.8 Å². The molecule has 16 heavy (non-hydrogen) atoms. The van der Waals surface area contributed by atoms with Crippen molar-refractivity contribution in [3.63, 3.8) is 0 Å². The number of hydrogen-bond donors (Lipinski definition) is 0. The van der Waals surface area contributed by atoms with E-state index in [1.165, 1.54) is 0 Å². The average molecular weight is 229 g/mol. The summed E-state index contributed by atoms with van der Waals surface area (Å²) in [6.45, 7) is 1.96. The lowest BCUT2D eigenvalue weighted by atomic mass is 10.2. The van der Waals surface area contributed by atoms with E-state index in [9.17, 15) is 0 Å². The van der Waals surface area contributed by atoms with Gasteiger partial charge in [-0.15, -0.1) is 0 Å². The fourth-order valence-corrected chi connectivity index (χ4v) is 1.57. The minimum atomic E-state index is 0.742. The maximum absolute atomic E-state index is 6.04. The Balaban J connectivity index is 2.25. The van der Waals surface area contributed by atoms with Crippen molar-refractivity contribution in [2.45, 2.75) is 6.92 Å². The zero-order chi connectivity index (χ0) is 11.4. The maximum atomic E-state index is 6.04. The minimum absolute atomic E-state index is 0.742. The normalized spacial score (nSPS) is 10.9. The largest absolute Gasteiger partial charge is 0.253 e. The monoisotopic (exact) mass is 228 g/mol. The van der Waals surface area contributed by atoms with Crippen LogP contribution in [-0.4, -0.2) is 4.98 Å². The number of aromatic nitrogens is 1. The number of rotatable bonds is 2. The first-order valence-electron chi connectivity index (χ1n) is 5.03. The number of aryl methyl sites for hydroxylation is 1. The van der Waals surface area contributed by atoms with Crippen LogP contribution in [0.4, 0.5) is 0 Å². The highest BCUT2D eigenvalue weighted by molar-refractivity contribution is 6.32. The lowest BCUT2D eigenvalue weighted by Gasteiger charge is -1.97. The molecule has 0 aliphatic heterocycles. The molecule has 0 spiro atoms. The Morgan fingerprint density at radius 3 is 2.75 bits per heavy atom. The molecule has 0 unspecified atom stereocenters. The summed E-state index contributed by atoms with van der Waals surface area (Å²) in [5.41, 5.74) is 2.79. The summed E-state index contributed by atoms with van der Waals surface area (Å²) in [5.74, 6) is 0. The van der Waals surface area contributed by atoms with Crippen LogP contribution in [0.5, 0.6) is 0 Å². The molecule has 0 fully saturated rings. The van der Waals surface area contributed by atoms with Gasteiger partial charge in [-0.2, -0.15) is 0 Å². The number of hydrogen-bond acceptors (Lipinski definition) is 1. The van der Waals surface area contributed by atoms with E-state index in [4.69, 9.17) is 11.6 Å². The smallest absolute Gasteiger partial charge is 0.0712 e. The molecular weight excluding hydrogens is 218 g/mol. The molecule has 0 aliphatic carbocycles. The summed E-state index contributed by atoms with van der Waals surface area (Å²) in [5, 5.41) is 0.742. The van der Waals surface area contributed by atoms with Crippen LogP contribution in [0.15, 0.2) is 36.4 Å². The first kappa shape index (κ1) is 10.9. The van der Waals surface area contributed by atoms with E-state index >= 15 is 0 Å². The summed E-state index contributed by atoms with van der Waals surface area (Å²) in [6, 6.07) is 14.6. The third-order valence-corrected chi connectivity index (χ3v) is 2.52. The highest BCUT2D eigenvalue weighted by atomic mass is 35.5. The zero-order valence-electron chi connectivity index (χ0n) is 8.94. The van der Waals surface area contributed by atoms with Crippen LogP contribution < -0.4 is 0 Å². The molecule has 1 aromatic carbocycles. The van der Waals surface area contributed by atoms with Crippen molar-refractivity contribution in [2.75, 3.05) is 0 Å². The van der Waals surface area contributed by atoms with Crippen LogP contribution in [0, 0.1) is 13.0 Å². The highest BCUT2D eigenvalue weighted by Crippen LogP contribution is 2.17. The molecule has 79 valence electrons. The maximum Gasteiger partial charge on any atom is 0.0712 e. The fraction of sp³-hybridized carbons (Fsp3) is 0.0714. The Bertz CT molecular complexity index is 518. The van der Waals surface area contributed by atoms with Crippen LogP contribution in [-0.2, 0) is 0 Å². The number of nitrogens with zero attached hydrogens (tertiary/aromatic N) is 1. The number of benzene rings is 1. The molecule has 1 nitrogen and oxygen atoms in total. The standard InChI is InChI=1S/C14H11ClN/c1-11-5-4-7-13(16-11)10-9-12-6-2-3-8-14(12)15/h2-6,8-10H,1H3/b10-9+. The van der Waals surface area contributed by atoms with E-state index < -0.39 is 0 Å². The van der Waals surface area contributed by atoms with Crippen molar-refractivity contribution < 1.29 is 0 Å². The van der Waals surface area contributed by atoms with Gasteiger partial charge in [-0.25, -0.2) is 0 Å². The van der Waals surface area contributed by atoms with Gasteiger partial charge in [0.15, 0.2) is 0 Å². The predicted molar refractivity (Wildman–Crippen MR) is 68.2 cm³/mol. The lowest BCUT2D eigenvalue weighted by Crippen LogP contribution is -1.83. The minimum Gasteiger partial charge on any atom is -0.253 e. The SMILES string of the molecule is Cc1cc[c]c(/C=C/c2ccccc2Cl)n1. The summed E-state index contributed by atoms with van der Waals surface area (Å²) >= 11 is 6.04. The molecule has 0 N–H and O–H groups in total. The second-order valence-corrected chi connectivity index (χ2v) is 3.88. The summed E-state index contributed by atoms with van der Waals surface area (Å²) in [4.78, 5) is 4.33. The molecule has 2 aromatic rings. The van der Waals surface area contributed by atoms with Crippen LogP contribution >= 0.6 is 11.6 Å². The third kappa shape index (κ3) is 2.71. The summed E-state index contributed by atoms with van der Waals surface area (Å²) < 4.78 is 0. The molecule has 0 bridgehead atoms. The van der Waals surface area contributed by atoms with E-state index in [0.29, 0.717) is 0 Å². The van der Waals surface area contributed by atoms with Gasteiger partial charge in [-0.1, -0.05) is 41.9 Å². The Morgan fingerprint density at radius 2 is 2.00 bits per heavy atom. The van der Waals surface area contributed by atoms with Crippen molar-refractivity contribution in [1.82, 2.24) is 4.98 Å². The van der Waals surface area contributed by atoms with Gasteiger partial charge in [-0.05, 0) is 30.7 Å². The van der Waals surface area contributed by atoms with E-state index in [2.05, 4.69) is 11.1 Å². The first-order valence-corrected chi connectivity index (χ1v) is 5.41. The van der Waals surface area contributed by atoms with Crippen molar-refractivity contribution in [1.29, 1.82) is 0 Å². The lowest BCUT2D eigenvalue weighted by molar-refractivity contribution is 1.18. The zero-order valence-corrected chi connectivity index (χ0v) is 9.70. The van der Waals surface area contributed by atoms with Crippen LogP contribution in [0.25, 0.3) is 12.2 Å². The van der Waals surface area contributed by atoms with Crippen LogP contribution in [0.3, 0.4) is 0 Å². The van der Waals surface area contributed by atoms with Gasteiger partial charge >= 0.3 is 0 Å². The highest BCUT2D eigenvalue weighted by Gasteiger charge is 1.94. The molecule has 0 saturated heterocycles. The van der Waals surface area contributed by atoms with E-state index in [1.54, 1.807) is 0 Å². The molecule has 1 radical (unpaired) electrons. The molecule has 0 aliphatic rings. The Hall–Kier alpha value is -1.60. The second-order valence-electron chi connectivity index (χ2n) is 3.47. The molecular formula is C14H11ClN. The Labute approximate surface area is 100 Å². The molecule has 0 amide bonds. The van der Waals surface area contributed by atoms with Gasteiger partial charge in [0.1, 0.15) is 0 Å².